The van der Waals surface area contributed by atoms with Gasteiger partial charge in [0, 0.05) is 24.1 Å². The van der Waals surface area contributed by atoms with Crippen molar-refractivity contribution in [2.45, 2.75) is 43.8 Å². The van der Waals surface area contributed by atoms with Gasteiger partial charge in [0.15, 0.2) is 5.16 Å². The molecule has 1 fully saturated rings. The van der Waals surface area contributed by atoms with Crippen molar-refractivity contribution in [3.63, 3.8) is 0 Å². The molecule has 0 saturated heterocycles. The van der Waals surface area contributed by atoms with Gasteiger partial charge in [0.05, 0.1) is 5.75 Å². The molecule has 1 aromatic heterocycles. The monoisotopic (exact) mass is 315 g/mol. The SMILES string of the molecule is Cc1cccc(NC(=O)CSc2nccn2C2CCCC2)c1. The summed E-state index contributed by atoms with van der Waals surface area (Å²) < 4.78 is 2.23. The number of amides is 1. The van der Waals surface area contributed by atoms with E-state index in [1.54, 1.807) is 0 Å². The first-order valence-corrected chi connectivity index (χ1v) is 8.73. The van der Waals surface area contributed by atoms with Gasteiger partial charge in [-0.2, -0.15) is 0 Å². The summed E-state index contributed by atoms with van der Waals surface area (Å²) in [6.07, 6.45) is 8.90. The molecule has 1 heterocycles. The van der Waals surface area contributed by atoms with Crippen molar-refractivity contribution in [3.8, 4) is 0 Å². The third-order valence-corrected chi connectivity index (χ3v) is 4.97. The van der Waals surface area contributed by atoms with Crippen LogP contribution < -0.4 is 5.32 Å². The number of benzene rings is 1. The molecule has 1 amide bonds. The van der Waals surface area contributed by atoms with Gasteiger partial charge in [-0.25, -0.2) is 4.98 Å². The van der Waals surface area contributed by atoms with E-state index in [2.05, 4.69) is 14.9 Å². The zero-order valence-corrected chi connectivity index (χ0v) is 13.6. The number of carbonyl (C=O) groups excluding carboxylic acids is 1. The largest absolute Gasteiger partial charge is 0.325 e. The molecule has 2 aromatic rings. The Kier molecular flexibility index (Phi) is 4.83. The zero-order valence-electron chi connectivity index (χ0n) is 12.8. The molecule has 1 aliphatic rings. The summed E-state index contributed by atoms with van der Waals surface area (Å²) in [5, 5.41) is 3.89. The van der Waals surface area contributed by atoms with Crippen LogP contribution >= 0.6 is 11.8 Å². The van der Waals surface area contributed by atoms with Crippen LogP contribution in [0.4, 0.5) is 5.69 Å². The second kappa shape index (κ2) is 7.01. The summed E-state index contributed by atoms with van der Waals surface area (Å²) >= 11 is 1.51. The molecule has 22 heavy (non-hydrogen) atoms. The van der Waals surface area contributed by atoms with Gasteiger partial charge in [0.2, 0.25) is 5.91 Å². The van der Waals surface area contributed by atoms with Crippen LogP contribution in [-0.2, 0) is 4.79 Å². The number of nitrogens with one attached hydrogen (secondary N) is 1. The van der Waals surface area contributed by atoms with Crippen LogP contribution in [-0.4, -0.2) is 21.2 Å². The van der Waals surface area contributed by atoms with E-state index in [1.165, 1.54) is 37.4 Å². The Balaban J connectivity index is 1.56. The zero-order chi connectivity index (χ0) is 15.4. The summed E-state index contributed by atoms with van der Waals surface area (Å²) in [5.74, 6) is 0.397. The molecule has 5 heteroatoms. The average molecular weight is 315 g/mol. The summed E-state index contributed by atoms with van der Waals surface area (Å²) in [5.41, 5.74) is 1.99. The normalized spacial score (nSPS) is 15.1. The fourth-order valence-electron chi connectivity index (χ4n) is 2.92. The molecular weight excluding hydrogens is 294 g/mol. The van der Waals surface area contributed by atoms with Gasteiger partial charge in [0.1, 0.15) is 0 Å². The minimum absolute atomic E-state index is 0.0107. The Labute approximate surface area is 135 Å². The fraction of sp³-hybridized carbons (Fsp3) is 0.412. The Morgan fingerprint density at radius 1 is 1.41 bits per heavy atom. The lowest BCUT2D eigenvalue weighted by molar-refractivity contribution is -0.113. The Morgan fingerprint density at radius 3 is 3.00 bits per heavy atom. The molecule has 116 valence electrons. The predicted molar refractivity (Wildman–Crippen MR) is 90.3 cm³/mol. The highest BCUT2D eigenvalue weighted by Gasteiger charge is 2.19. The van der Waals surface area contributed by atoms with Gasteiger partial charge >= 0.3 is 0 Å². The second-order valence-corrected chi connectivity index (χ2v) is 6.70. The molecule has 1 aromatic carbocycles. The van der Waals surface area contributed by atoms with Crippen LogP contribution in [0.2, 0.25) is 0 Å². The van der Waals surface area contributed by atoms with Crippen LogP contribution in [0, 0.1) is 6.92 Å². The number of hydrogen-bond acceptors (Lipinski definition) is 3. The van der Waals surface area contributed by atoms with E-state index in [4.69, 9.17) is 0 Å². The number of anilines is 1. The Hall–Kier alpha value is -1.75. The third kappa shape index (κ3) is 3.71. The van der Waals surface area contributed by atoms with Crippen LogP contribution in [0.1, 0.15) is 37.3 Å². The molecule has 1 N–H and O–H groups in total. The predicted octanol–water partition coefficient (Wildman–Crippen LogP) is 4.04. The molecular formula is C17H21N3OS. The van der Waals surface area contributed by atoms with E-state index in [9.17, 15) is 4.79 Å². The number of nitrogens with zero attached hydrogens (tertiary/aromatic N) is 2. The molecule has 0 bridgehead atoms. The van der Waals surface area contributed by atoms with Gasteiger partial charge in [-0.3, -0.25) is 4.79 Å². The number of imidazole rings is 1. The summed E-state index contributed by atoms with van der Waals surface area (Å²) in [4.78, 5) is 16.5. The quantitative estimate of drug-likeness (QED) is 0.847. The molecule has 3 rings (SSSR count). The lowest BCUT2D eigenvalue weighted by Gasteiger charge is -2.14. The van der Waals surface area contributed by atoms with Gasteiger partial charge in [-0.05, 0) is 37.5 Å². The first-order chi connectivity index (χ1) is 10.7. The number of aromatic nitrogens is 2. The van der Waals surface area contributed by atoms with Crippen LogP contribution in [0.25, 0.3) is 0 Å². The van der Waals surface area contributed by atoms with E-state index in [1.807, 2.05) is 43.6 Å². The molecule has 0 aliphatic heterocycles. The van der Waals surface area contributed by atoms with Crippen LogP contribution in [0.3, 0.4) is 0 Å². The van der Waals surface area contributed by atoms with Crippen molar-refractivity contribution in [2.75, 3.05) is 11.1 Å². The smallest absolute Gasteiger partial charge is 0.234 e. The van der Waals surface area contributed by atoms with E-state index < -0.39 is 0 Å². The maximum absolute atomic E-state index is 12.1. The van der Waals surface area contributed by atoms with Crippen molar-refractivity contribution < 1.29 is 4.79 Å². The van der Waals surface area contributed by atoms with E-state index in [0.29, 0.717) is 11.8 Å². The summed E-state index contributed by atoms with van der Waals surface area (Å²) in [7, 11) is 0. The molecule has 1 aliphatic carbocycles. The topological polar surface area (TPSA) is 46.9 Å². The van der Waals surface area contributed by atoms with Crippen molar-refractivity contribution in [1.29, 1.82) is 0 Å². The van der Waals surface area contributed by atoms with E-state index in [0.717, 1.165) is 16.4 Å². The summed E-state index contributed by atoms with van der Waals surface area (Å²) in [6, 6.07) is 8.41. The lowest BCUT2D eigenvalue weighted by Crippen LogP contribution is -2.15. The highest BCUT2D eigenvalue weighted by atomic mass is 32.2. The first-order valence-electron chi connectivity index (χ1n) is 7.74. The van der Waals surface area contributed by atoms with E-state index in [-0.39, 0.29) is 5.91 Å². The minimum Gasteiger partial charge on any atom is -0.325 e. The minimum atomic E-state index is 0.0107. The Morgan fingerprint density at radius 2 is 2.23 bits per heavy atom. The van der Waals surface area contributed by atoms with E-state index >= 15 is 0 Å². The highest BCUT2D eigenvalue weighted by Crippen LogP contribution is 2.32. The fourth-order valence-corrected chi connectivity index (χ4v) is 3.75. The van der Waals surface area contributed by atoms with Gasteiger partial charge in [0.25, 0.3) is 0 Å². The third-order valence-electron chi connectivity index (χ3n) is 3.99. The van der Waals surface area contributed by atoms with Crippen molar-refractivity contribution in [2.24, 2.45) is 0 Å². The number of aryl methyl sites for hydroxylation is 1. The van der Waals surface area contributed by atoms with Crippen LogP contribution in [0.5, 0.6) is 0 Å². The van der Waals surface area contributed by atoms with Crippen LogP contribution in [0.15, 0.2) is 41.8 Å². The molecule has 1 saturated carbocycles. The summed E-state index contributed by atoms with van der Waals surface area (Å²) in [6.45, 7) is 2.02. The molecule has 4 nitrogen and oxygen atoms in total. The second-order valence-electron chi connectivity index (χ2n) is 5.76. The molecule has 0 unspecified atom stereocenters. The molecule has 0 atom stereocenters. The van der Waals surface area contributed by atoms with Crippen molar-refractivity contribution >= 4 is 23.4 Å². The molecule has 0 radical (unpaired) electrons. The van der Waals surface area contributed by atoms with Crippen molar-refractivity contribution in [1.82, 2.24) is 9.55 Å². The first kappa shape index (κ1) is 15.2. The number of carbonyl (C=O) groups is 1. The number of thioether (sulfide) groups is 1. The molecule has 0 spiro atoms. The highest BCUT2D eigenvalue weighted by molar-refractivity contribution is 7.99. The van der Waals surface area contributed by atoms with Gasteiger partial charge in [-0.15, -0.1) is 0 Å². The maximum Gasteiger partial charge on any atom is 0.234 e. The maximum atomic E-state index is 12.1. The average Bonchev–Trinajstić information content (AvgIpc) is 3.16. The van der Waals surface area contributed by atoms with Gasteiger partial charge in [-0.1, -0.05) is 36.7 Å². The lowest BCUT2D eigenvalue weighted by atomic mass is 10.2. The standard InChI is InChI=1S/C17H21N3OS/c1-13-5-4-6-14(11-13)19-16(21)12-22-17-18-9-10-20(17)15-7-2-3-8-15/h4-6,9-11,15H,2-3,7-8,12H2,1H3,(H,19,21). The number of hydrogen-bond donors (Lipinski definition) is 1. The number of rotatable bonds is 5. The Bertz CT molecular complexity index is 647. The van der Waals surface area contributed by atoms with Crippen molar-refractivity contribution in [3.05, 3.63) is 42.2 Å². The van der Waals surface area contributed by atoms with Gasteiger partial charge < -0.3 is 9.88 Å².